The van der Waals surface area contributed by atoms with Crippen LogP contribution < -0.4 is 10.2 Å². The van der Waals surface area contributed by atoms with Crippen LogP contribution in [-0.2, 0) is 15.9 Å². The fourth-order valence-corrected chi connectivity index (χ4v) is 2.18. The first-order chi connectivity index (χ1) is 10.3. The highest BCUT2D eigenvalue weighted by atomic mass is 16.5. The van der Waals surface area contributed by atoms with Crippen molar-refractivity contribution in [2.45, 2.75) is 27.2 Å². The zero-order chi connectivity index (χ0) is 15.5. The highest BCUT2D eigenvalue weighted by Crippen LogP contribution is 2.23. The Kier molecular flexibility index (Phi) is 8.69. The summed E-state index contributed by atoms with van der Waals surface area (Å²) < 4.78 is 11.0. The molecule has 0 aliphatic carbocycles. The summed E-state index contributed by atoms with van der Waals surface area (Å²) in [7, 11) is 1.88. The van der Waals surface area contributed by atoms with Crippen LogP contribution in [0.2, 0.25) is 0 Å². The molecule has 1 aromatic rings. The first kappa shape index (κ1) is 17.7. The Hall–Kier alpha value is -1.40. The second-order valence-electron chi connectivity index (χ2n) is 4.51. The molecule has 0 unspecified atom stereocenters. The Morgan fingerprint density at radius 1 is 1.05 bits per heavy atom. The second-order valence-corrected chi connectivity index (χ2v) is 4.51. The normalized spacial score (nSPS) is 10.7. The topological polar surface area (TPSA) is 59.5 Å². The first-order valence-electron chi connectivity index (χ1n) is 7.70. The van der Waals surface area contributed by atoms with Crippen molar-refractivity contribution < 1.29 is 9.47 Å². The van der Waals surface area contributed by atoms with Crippen LogP contribution in [-0.4, -0.2) is 56.5 Å². The molecule has 0 atom stereocenters. The summed E-state index contributed by atoms with van der Waals surface area (Å²) in [6.45, 7) is 10.6. The molecule has 120 valence electrons. The van der Waals surface area contributed by atoms with E-state index in [4.69, 9.17) is 9.47 Å². The molecule has 1 aromatic heterocycles. The number of nitrogens with one attached hydrogen (secondary N) is 1. The average Bonchev–Trinajstić information content (AvgIpc) is 2.52. The minimum atomic E-state index is 0.685. The standard InChI is InChI=1S/C15H28N4O2/c1-5-13-14(16-4)17-12-18-15(13)19(8-10-20-6-2)9-11-21-7-3/h12H,5-11H2,1-4H3,(H,16,17,18). The van der Waals surface area contributed by atoms with Crippen LogP contribution in [0.3, 0.4) is 0 Å². The van der Waals surface area contributed by atoms with Crippen molar-refractivity contribution >= 4 is 11.6 Å². The lowest BCUT2D eigenvalue weighted by molar-refractivity contribution is 0.141. The SMILES string of the molecule is CCOCCN(CCOCC)c1ncnc(NC)c1CC. The van der Waals surface area contributed by atoms with Crippen LogP contribution in [0.4, 0.5) is 11.6 Å². The number of rotatable bonds is 11. The van der Waals surface area contributed by atoms with Gasteiger partial charge < -0.3 is 19.7 Å². The molecule has 0 saturated carbocycles. The Labute approximate surface area is 127 Å². The molecule has 0 saturated heterocycles. The van der Waals surface area contributed by atoms with Gasteiger partial charge in [-0.1, -0.05) is 6.92 Å². The van der Waals surface area contributed by atoms with E-state index in [1.165, 1.54) is 0 Å². The summed E-state index contributed by atoms with van der Waals surface area (Å²) in [6, 6.07) is 0. The Morgan fingerprint density at radius 3 is 2.14 bits per heavy atom. The molecule has 0 bridgehead atoms. The molecule has 0 aliphatic heterocycles. The molecule has 6 nitrogen and oxygen atoms in total. The van der Waals surface area contributed by atoms with Crippen LogP contribution in [0.15, 0.2) is 6.33 Å². The van der Waals surface area contributed by atoms with E-state index in [2.05, 4.69) is 27.1 Å². The van der Waals surface area contributed by atoms with E-state index in [0.717, 1.165) is 49.9 Å². The molecule has 0 radical (unpaired) electrons. The van der Waals surface area contributed by atoms with E-state index in [1.807, 2.05) is 20.9 Å². The summed E-state index contributed by atoms with van der Waals surface area (Å²) in [4.78, 5) is 11.0. The molecule has 0 amide bonds. The summed E-state index contributed by atoms with van der Waals surface area (Å²) in [6.07, 6.45) is 2.49. The van der Waals surface area contributed by atoms with Gasteiger partial charge in [-0.3, -0.25) is 0 Å². The van der Waals surface area contributed by atoms with Crippen molar-refractivity contribution in [3.8, 4) is 0 Å². The Morgan fingerprint density at radius 2 is 1.67 bits per heavy atom. The van der Waals surface area contributed by atoms with Gasteiger partial charge in [0.1, 0.15) is 18.0 Å². The molecule has 6 heteroatoms. The van der Waals surface area contributed by atoms with Gasteiger partial charge in [0.25, 0.3) is 0 Å². The summed E-state index contributed by atoms with van der Waals surface area (Å²) in [5.74, 6) is 1.86. The maximum Gasteiger partial charge on any atom is 0.137 e. The molecular weight excluding hydrogens is 268 g/mol. The van der Waals surface area contributed by atoms with Crippen molar-refractivity contribution in [3.05, 3.63) is 11.9 Å². The fourth-order valence-electron chi connectivity index (χ4n) is 2.18. The number of aromatic nitrogens is 2. The molecule has 1 heterocycles. The highest BCUT2D eigenvalue weighted by molar-refractivity contribution is 5.58. The maximum absolute atomic E-state index is 5.48. The van der Waals surface area contributed by atoms with E-state index in [1.54, 1.807) is 6.33 Å². The van der Waals surface area contributed by atoms with Gasteiger partial charge >= 0.3 is 0 Å². The zero-order valence-corrected chi connectivity index (χ0v) is 13.7. The smallest absolute Gasteiger partial charge is 0.137 e. The van der Waals surface area contributed by atoms with Crippen LogP contribution in [0.5, 0.6) is 0 Å². The van der Waals surface area contributed by atoms with Crippen molar-refractivity contribution in [3.63, 3.8) is 0 Å². The largest absolute Gasteiger partial charge is 0.380 e. The minimum Gasteiger partial charge on any atom is -0.380 e. The monoisotopic (exact) mass is 296 g/mol. The van der Waals surface area contributed by atoms with Crippen molar-refractivity contribution in [2.24, 2.45) is 0 Å². The number of ether oxygens (including phenoxy) is 2. The molecule has 0 aromatic carbocycles. The number of nitrogens with zero attached hydrogens (tertiary/aromatic N) is 3. The third kappa shape index (κ3) is 5.47. The Balaban J connectivity index is 2.89. The van der Waals surface area contributed by atoms with Gasteiger partial charge in [0.2, 0.25) is 0 Å². The van der Waals surface area contributed by atoms with Gasteiger partial charge in [-0.2, -0.15) is 0 Å². The minimum absolute atomic E-state index is 0.685. The molecule has 0 spiro atoms. The van der Waals surface area contributed by atoms with Gasteiger partial charge in [0, 0.05) is 38.9 Å². The number of anilines is 2. The predicted molar refractivity (Wildman–Crippen MR) is 86.2 cm³/mol. The first-order valence-corrected chi connectivity index (χ1v) is 7.70. The highest BCUT2D eigenvalue weighted by Gasteiger charge is 2.15. The van der Waals surface area contributed by atoms with Gasteiger partial charge in [-0.15, -0.1) is 0 Å². The molecule has 21 heavy (non-hydrogen) atoms. The third-order valence-electron chi connectivity index (χ3n) is 3.23. The Bertz CT molecular complexity index is 391. The fraction of sp³-hybridized carbons (Fsp3) is 0.733. The van der Waals surface area contributed by atoms with Crippen LogP contribution in [0.25, 0.3) is 0 Å². The summed E-state index contributed by atoms with van der Waals surface area (Å²) in [5.41, 5.74) is 1.13. The average molecular weight is 296 g/mol. The van der Waals surface area contributed by atoms with Crippen molar-refractivity contribution in [1.29, 1.82) is 0 Å². The molecule has 0 fully saturated rings. The van der Waals surface area contributed by atoms with E-state index in [9.17, 15) is 0 Å². The summed E-state index contributed by atoms with van der Waals surface area (Å²) >= 11 is 0. The van der Waals surface area contributed by atoms with Crippen LogP contribution in [0, 0.1) is 0 Å². The van der Waals surface area contributed by atoms with Crippen molar-refractivity contribution in [2.75, 3.05) is 56.8 Å². The second kappa shape index (κ2) is 10.3. The molecule has 1 N–H and O–H groups in total. The van der Waals surface area contributed by atoms with Gasteiger partial charge in [0.15, 0.2) is 0 Å². The lowest BCUT2D eigenvalue weighted by atomic mass is 10.2. The quantitative estimate of drug-likeness (QED) is 0.630. The zero-order valence-electron chi connectivity index (χ0n) is 13.7. The van der Waals surface area contributed by atoms with Crippen molar-refractivity contribution in [1.82, 2.24) is 9.97 Å². The molecule has 1 rings (SSSR count). The molecule has 0 aliphatic rings. The van der Waals surface area contributed by atoms with Crippen LogP contribution in [0.1, 0.15) is 26.3 Å². The van der Waals surface area contributed by atoms with E-state index >= 15 is 0 Å². The number of hydrogen-bond acceptors (Lipinski definition) is 6. The third-order valence-corrected chi connectivity index (χ3v) is 3.23. The predicted octanol–water partition coefficient (Wildman–Crippen LogP) is 1.96. The van der Waals surface area contributed by atoms with Gasteiger partial charge in [-0.05, 0) is 20.3 Å². The van der Waals surface area contributed by atoms with E-state index in [0.29, 0.717) is 13.2 Å². The van der Waals surface area contributed by atoms with E-state index in [-0.39, 0.29) is 0 Å². The maximum atomic E-state index is 5.48. The van der Waals surface area contributed by atoms with Gasteiger partial charge in [0.05, 0.1) is 13.2 Å². The van der Waals surface area contributed by atoms with E-state index < -0.39 is 0 Å². The van der Waals surface area contributed by atoms with Crippen LogP contribution >= 0.6 is 0 Å². The molecular formula is C15H28N4O2. The van der Waals surface area contributed by atoms with Gasteiger partial charge in [-0.25, -0.2) is 9.97 Å². The summed E-state index contributed by atoms with van der Waals surface area (Å²) in [5, 5.41) is 3.14. The number of hydrogen-bond donors (Lipinski definition) is 1. The lowest BCUT2D eigenvalue weighted by Crippen LogP contribution is -2.33. The lowest BCUT2D eigenvalue weighted by Gasteiger charge is -2.26.